The van der Waals surface area contributed by atoms with E-state index in [1.54, 1.807) is 30.3 Å². The summed E-state index contributed by atoms with van der Waals surface area (Å²) >= 11 is 1.25. The van der Waals surface area contributed by atoms with Gasteiger partial charge in [-0.1, -0.05) is 12.1 Å². The van der Waals surface area contributed by atoms with Crippen LogP contribution in [-0.2, 0) is 10.0 Å². The van der Waals surface area contributed by atoms with Gasteiger partial charge in [0.05, 0.1) is 6.04 Å². The van der Waals surface area contributed by atoms with Gasteiger partial charge in [-0.25, -0.2) is 13.8 Å². The minimum absolute atomic E-state index is 0.108. The Hall–Kier alpha value is -1.74. The fourth-order valence-corrected chi connectivity index (χ4v) is 5.01. The molecule has 128 valence electrons. The van der Waals surface area contributed by atoms with E-state index in [1.807, 2.05) is 6.07 Å². The Morgan fingerprint density at radius 3 is 2.71 bits per heavy atom. The SMILES string of the molecule is CC(=O)c1cccc(NS(=O)(=O)c2ccc(C3CC(C)NN3)s2)c1. The van der Waals surface area contributed by atoms with Crippen molar-refractivity contribution in [3.05, 3.63) is 46.8 Å². The molecule has 3 N–H and O–H groups in total. The Bertz CT molecular complexity index is 861. The van der Waals surface area contributed by atoms with Crippen LogP contribution >= 0.6 is 11.3 Å². The molecule has 1 aliphatic rings. The molecule has 1 fully saturated rings. The third-order valence-electron chi connectivity index (χ3n) is 3.82. The molecule has 24 heavy (non-hydrogen) atoms. The van der Waals surface area contributed by atoms with Crippen LogP contribution in [0.5, 0.6) is 0 Å². The van der Waals surface area contributed by atoms with Crippen LogP contribution in [-0.4, -0.2) is 20.2 Å². The van der Waals surface area contributed by atoms with Crippen molar-refractivity contribution in [1.29, 1.82) is 0 Å². The maximum absolute atomic E-state index is 12.6. The summed E-state index contributed by atoms with van der Waals surface area (Å²) in [5, 5.41) is 0. The zero-order chi connectivity index (χ0) is 17.3. The number of hydrogen-bond donors (Lipinski definition) is 3. The van der Waals surface area contributed by atoms with Crippen molar-refractivity contribution in [3.63, 3.8) is 0 Å². The number of anilines is 1. The van der Waals surface area contributed by atoms with Gasteiger partial charge in [0.2, 0.25) is 0 Å². The molecule has 6 nitrogen and oxygen atoms in total. The molecule has 0 aliphatic carbocycles. The molecular formula is C16H19N3O3S2. The number of sulfonamides is 1. The van der Waals surface area contributed by atoms with Crippen molar-refractivity contribution in [3.8, 4) is 0 Å². The molecule has 3 rings (SSSR count). The molecular weight excluding hydrogens is 346 g/mol. The molecule has 0 saturated carbocycles. The molecule has 2 unspecified atom stereocenters. The third kappa shape index (κ3) is 3.67. The number of carbonyl (C=O) groups is 1. The Balaban J connectivity index is 1.80. The first-order chi connectivity index (χ1) is 11.3. The number of hydrazine groups is 1. The highest BCUT2D eigenvalue weighted by Crippen LogP contribution is 2.31. The highest BCUT2D eigenvalue weighted by molar-refractivity contribution is 7.94. The predicted molar refractivity (Wildman–Crippen MR) is 94.7 cm³/mol. The average molecular weight is 365 g/mol. The molecule has 0 amide bonds. The lowest BCUT2D eigenvalue weighted by atomic mass is 10.1. The summed E-state index contributed by atoms with van der Waals surface area (Å²) in [7, 11) is -3.67. The van der Waals surface area contributed by atoms with E-state index in [0.717, 1.165) is 11.3 Å². The number of hydrogen-bond acceptors (Lipinski definition) is 6. The first-order valence-corrected chi connectivity index (χ1v) is 9.90. The van der Waals surface area contributed by atoms with Crippen LogP contribution < -0.4 is 15.6 Å². The molecule has 2 aromatic rings. The fraction of sp³-hybridized carbons (Fsp3) is 0.312. The van der Waals surface area contributed by atoms with Gasteiger partial charge >= 0.3 is 0 Å². The van der Waals surface area contributed by atoms with Crippen molar-refractivity contribution < 1.29 is 13.2 Å². The second kappa shape index (κ2) is 6.64. The van der Waals surface area contributed by atoms with E-state index in [9.17, 15) is 13.2 Å². The van der Waals surface area contributed by atoms with Crippen LogP contribution in [0.4, 0.5) is 5.69 Å². The zero-order valence-electron chi connectivity index (χ0n) is 13.4. The van der Waals surface area contributed by atoms with Crippen molar-refractivity contribution in [2.24, 2.45) is 0 Å². The van der Waals surface area contributed by atoms with Crippen molar-refractivity contribution >= 4 is 32.8 Å². The number of thiophene rings is 1. The maximum atomic E-state index is 12.6. The number of rotatable bonds is 5. The van der Waals surface area contributed by atoms with Gasteiger partial charge in [0, 0.05) is 22.2 Å². The molecule has 1 saturated heterocycles. The van der Waals surface area contributed by atoms with Crippen molar-refractivity contribution in [2.75, 3.05) is 4.72 Å². The van der Waals surface area contributed by atoms with Crippen LogP contribution in [0.1, 0.15) is 41.5 Å². The van der Waals surface area contributed by atoms with Crippen LogP contribution in [0.15, 0.2) is 40.6 Å². The first-order valence-electron chi connectivity index (χ1n) is 7.60. The van der Waals surface area contributed by atoms with E-state index in [1.165, 1.54) is 18.3 Å². The second-order valence-corrected chi connectivity index (χ2v) is 8.90. The smallest absolute Gasteiger partial charge is 0.271 e. The lowest BCUT2D eigenvalue weighted by Gasteiger charge is -2.08. The summed E-state index contributed by atoms with van der Waals surface area (Å²) in [6.07, 6.45) is 0.911. The Morgan fingerprint density at radius 2 is 2.04 bits per heavy atom. The number of benzene rings is 1. The summed E-state index contributed by atoms with van der Waals surface area (Å²) in [5.74, 6) is -0.108. The molecule has 2 atom stereocenters. The van der Waals surface area contributed by atoms with Gasteiger partial charge in [-0.15, -0.1) is 11.3 Å². The van der Waals surface area contributed by atoms with Crippen LogP contribution in [0, 0.1) is 0 Å². The Kier molecular flexibility index (Phi) is 4.73. The first kappa shape index (κ1) is 17.1. The lowest BCUT2D eigenvalue weighted by molar-refractivity contribution is 0.101. The summed E-state index contributed by atoms with van der Waals surface area (Å²) in [4.78, 5) is 12.4. The zero-order valence-corrected chi connectivity index (χ0v) is 15.0. The standard InChI is InChI=1S/C16H19N3O3S2/c1-10-8-14(18-17-10)15-6-7-16(23-15)24(21,22)19-13-5-3-4-12(9-13)11(2)20/h3-7,9-10,14,17-19H,8H2,1-2H3. The van der Waals surface area contributed by atoms with Gasteiger partial charge in [-0.05, 0) is 44.5 Å². The second-order valence-electron chi connectivity index (χ2n) is 5.88. The van der Waals surface area contributed by atoms with Crippen LogP contribution in [0.2, 0.25) is 0 Å². The quantitative estimate of drug-likeness (QED) is 0.709. The normalized spacial score (nSPS) is 20.9. The highest BCUT2D eigenvalue weighted by Gasteiger charge is 2.25. The number of ketones is 1. The van der Waals surface area contributed by atoms with Gasteiger partial charge in [0.25, 0.3) is 10.0 Å². The Labute approximate surface area is 145 Å². The van der Waals surface area contributed by atoms with Crippen molar-refractivity contribution in [2.45, 2.75) is 36.6 Å². The fourth-order valence-electron chi connectivity index (χ4n) is 2.57. The van der Waals surface area contributed by atoms with Crippen LogP contribution in [0.25, 0.3) is 0 Å². The highest BCUT2D eigenvalue weighted by atomic mass is 32.2. The topological polar surface area (TPSA) is 87.3 Å². The maximum Gasteiger partial charge on any atom is 0.271 e. The van der Waals surface area contributed by atoms with Gasteiger partial charge < -0.3 is 0 Å². The summed E-state index contributed by atoms with van der Waals surface area (Å²) in [6.45, 7) is 3.52. The molecule has 0 bridgehead atoms. The molecule has 8 heteroatoms. The molecule has 1 aliphatic heterocycles. The van der Waals surface area contributed by atoms with E-state index >= 15 is 0 Å². The minimum atomic E-state index is -3.67. The lowest BCUT2D eigenvalue weighted by Crippen LogP contribution is -2.28. The largest absolute Gasteiger partial charge is 0.295 e. The number of nitrogens with one attached hydrogen (secondary N) is 3. The van der Waals surface area contributed by atoms with E-state index in [4.69, 9.17) is 0 Å². The van der Waals surface area contributed by atoms with Crippen LogP contribution in [0.3, 0.4) is 0 Å². The van der Waals surface area contributed by atoms with Gasteiger partial charge in [-0.2, -0.15) is 0 Å². The van der Waals surface area contributed by atoms with E-state index in [0.29, 0.717) is 17.3 Å². The molecule has 2 heterocycles. The minimum Gasteiger partial charge on any atom is -0.295 e. The van der Waals surface area contributed by atoms with Gasteiger partial charge in [-0.3, -0.25) is 14.9 Å². The van der Waals surface area contributed by atoms with E-state index in [-0.39, 0.29) is 16.0 Å². The third-order valence-corrected chi connectivity index (χ3v) is 6.90. The molecule has 1 aromatic heterocycles. The summed E-state index contributed by atoms with van der Waals surface area (Å²) in [5.41, 5.74) is 7.15. The van der Waals surface area contributed by atoms with Gasteiger partial charge in [0.1, 0.15) is 4.21 Å². The van der Waals surface area contributed by atoms with Crippen molar-refractivity contribution in [1.82, 2.24) is 10.9 Å². The van der Waals surface area contributed by atoms with Gasteiger partial charge in [0.15, 0.2) is 5.78 Å². The molecule has 0 spiro atoms. The number of Topliss-reactive ketones (excluding diaryl/α,β-unsaturated/α-hetero) is 1. The predicted octanol–water partition coefficient (Wildman–Crippen LogP) is 2.68. The summed E-state index contributed by atoms with van der Waals surface area (Å²) < 4.78 is 27.9. The monoisotopic (exact) mass is 365 g/mol. The molecule has 1 aromatic carbocycles. The van der Waals surface area contributed by atoms with E-state index in [2.05, 4.69) is 22.5 Å². The number of carbonyl (C=O) groups excluding carboxylic acids is 1. The average Bonchev–Trinajstić information content (AvgIpc) is 3.16. The summed E-state index contributed by atoms with van der Waals surface area (Å²) in [6, 6.07) is 10.4. The molecule has 0 radical (unpaired) electrons. The van der Waals surface area contributed by atoms with E-state index < -0.39 is 10.0 Å². The Morgan fingerprint density at radius 1 is 1.25 bits per heavy atom.